The zero-order chi connectivity index (χ0) is 16.0. The van der Waals surface area contributed by atoms with Crippen molar-refractivity contribution >= 4 is 21.6 Å². The minimum Gasteiger partial charge on any atom is -0.335 e. The molecule has 0 atom stereocenters. The third-order valence-corrected chi connectivity index (χ3v) is 4.22. The average Bonchev–Trinajstić information content (AvgIpc) is 2.44. The fraction of sp³-hybridized carbons (Fsp3) is 0.400. The van der Waals surface area contributed by atoms with E-state index in [1.54, 1.807) is 36.1 Å². The van der Waals surface area contributed by atoms with E-state index in [4.69, 9.17) is 0 Å². The lowest BCUT2D eigenvalue weighted by molar-refractivity contribution is 0.0779. The van der Waals surface area contributed by atoms with Gasteiger partial charge in [0.25, 0.3) is 5.91 Å². The van der Waals surface area contributed by atoms with E-state index in [0.29, 0.717) is 24.3 Å². The van der Waals surface area contributed by atoms with Crippen molar-refractivity contribution in [1.82, 2.24) is 4.90 Å². The quantitative estimate of drug-likeness (QED) is 0.787. The summed E-state index contributed by atoms with van der Waals surface area (Å²) in [4.78, 5) is 14.2. The molecule has 0 spiro atoms. The number of nitrogens with zero attached hydrogens (tertiary/aromatic N) is 1. The first-order chi connectivity index (χ1) is 9.80. The maximum Gasteiger partial charge on any atom is 0.256 e. The van der Waals surface area contributed by atoms with Crippen LogP contribution < -0.4 is 4.72 Å². The molecule has 0 fully saturated rings. The number of benzene rings is 1. The zero-order valence-electron chi connectivity index (χ0n) is 12.7. The van der Waals surface area contributed by atoms with Crippen LogP contribution in [-0.4, -0.2) is 38.1 Å². The van der Waals surface area contributed by atoms with E-state index in [-0.39, 0.29) is 11.7 Å². The molecule has 6 heteroatoms. The number of sulfonamides is 1. The zero-order valence-corrected chi connectivity index (χ0v) is 13.5. The van der Waals surface area contributed by atoms with Crippen LogP contribution in [0.5, 0.6) is 0 Å². The van der Waals surface area contributed by atoms with Crippen LogP contribution in [0.3, 0.4) is 0 Å². The molecule has 0 radical (unpaired) electrons. The van der Waals surface area contributed by atoms with Crippen LogP contribution in [-0.2, 0) is 10.0 Å². The Morgan fingerprint density at radius 2 is 1.90 bits per heavy atom. The molecule has 1 aromatic carbocycles. The molecular formula is C15H22N2O3S. The summed E-state index contributed by atoms with van der Waals surface area (Å²) in [5, 5.41) is 0. The van der Waals surface area contributed by atoms with Crippen molar-refractivity contribution in [1.29, 1.82) is 0 Å². The second-order valence-corrected chi connectivity index (χ2v) is 6.84. The van der Waals surface area contributed by atoms with Gasteiger partial charge in [0.15, 0.2) is 0 Å². The second-order valence-electron chi connectivity index (χ2n) is 4.83. The number of rotatable bonds is 7. The Morgan fingerprint density at radius 3 is 2.43 bits per heavy atom. The van der Waals surface area contributed by atoms with E-state index in [0.717, 1.165) is 5.57 Å². The Kier molecular flexibility index (Phi) is 5.96. The highest BCUT2D eigenvalue weighted by molar-refractivity contribution is 7.92. The molecule has 0 heterocycles. The van der Waals surface area contributed by atoms with Crippen molar-refractivity contribution in [2.24, 2.45) is 0 Å². The summed E-state index contributed by atoms with van der Waals surface area (Å²) >= 11 is 0. The van der Waals surface area contributed by atoms with E-state index in [2.05, 4.69) is 11.3 Å². The van der Waals surface area contributed by atoms with Gasteiger partial charge in [-0.3, -0.25) is 9.52 Å². The van der Waals surface area contributed by atoms with Crippen LogP contribution in [0.1, 0.15) is 31.1 Å². The highest BCUT2D eigenvalue weighted by Crippen LogP contribution is 2.19. The molecule has 0 aromatic heterocycles. The topological polar surface area (TPSA) is 66.5 Å². The van der Waals surface area contributed by atoms with Crippen molar-refractivity contribution in [3.63, 3.8) is 0 Å². The molecule has 0 saturated carbocycles. The summed E-state index contributed by atoms with van der Waals surface area (Å²) in [6, 6.07) is 6.62. The van der Waals surface area contributed by atoms with Crippen molar-refractivity contribution in [3.05, 3.63) is 42.0 Å². The number of hydrogen-bond acceptors (Lipinski definition) is 3. The van der Waals surface area contributed by atoms with Gasteiger partial charge in [0, 0.05) is 13.1 Å². The molecule has 0 saturated heterocycles. The van der Waals surface area contributed by atoms with Crippen LogP contribution in [0.15, 0.2) is 36.4 Å². The lowest BCUT2D eigenvalue weighted by Crippen LogP contribution is -2.33. The lowest BCUT2D eigenvalue weighted by Gasteiger charge is -2.22. The number of carbonyl (C=O) groups excluding carboxylic acids is 1. The standard InChI is InChI=1S/C15H22N2O3S/c1-5-17(11-12(3)4)15(18)13-9-7-8-10-14(13)16-21(19,20)6-2/h7-10,16H,3,5-6,11H2,1-2,4H3. The fourth-order valence-electron chi connectivity index (χ4n) is 1.82. The predicted octanol–water partition coefficient (Wildman–Crippen LogP) is 2.49. The minimum atomic E-state index is -3.42. The van der Waals surface area contributed by atoms with Gasteiger partial charge in [-0.2, -0.15) is 0 Å². The van der Waals surface area contributed by atoms with E-state index in [9.17, 15) is 13.2 Å². The van der Waals surface area contributed by atoms with Gasteiger partial charge in [-0.05, 0) is 32.9 Å². The summed E-state index contributed by atoms with van der Waals surface area (Å²) in [5.41, 5.74) is 1.53. The monoisotopic (exact) mass is 310 g/mol. The Labute approximate surface area is 126 Å². The van der Waals surface area contributed by atoms with Gasteiger partial charge in [-0.25, -0.2) is 8.42 Å². The molecule has 1 rings (SSSR count). The number of carbonyl (C=O) groups is 1. The first-order valence-corrected chi connectivity index (χ1v) is 8.49. The second kappa shape index (κ2) is 7.26. The Morgan fingerprint density at radius 1 is 1.29 bits per heavy atom. The summed E-state index contributed by atoms with van der Waals surface area (Å²) in [6.07, 6.45) is 0. The summed E-state index contributed by atoms with van der Waals surface area (Å²) in [7, 11) is -3.42. The third kappa shape index (κ3) is 4.90. The SMILES string of the molecule is C=C(C)CN(CC)C(=O)c1ccccc1NS(=O)(=O)CC. The molecule has 0 aliphatic heterocycles. The molecule has 1 N–H and O–H groups in total. The molecular weight excluding hydrogens is 288 g/mol. The van der Waals surface area contributed by atoms with E-state index < -0.39 is 10.0 Å². The number of hydrogen-bond donors (Lipinski definition) is 1. The maximum absolute atomic E-state index is 12.6. The smallest absolute Gasteiger partial charge is 0.256 e. The summed E-state index contributed by atoms with van der Waals surface area (Å²) in [5.74, 6) is -0.256. The van der Waals surface area contributed by atoms with Gasteiger partial charge < -0.3 is 4.90 Å². The highest BCUT2D eigenvalue weighted by Gasteiger charge is 2.19. The van der Waals surface area contributed by atoms with Gasteiger partial charge in [0.1, 0.15) is 0 Å². The average molecular weight is 310 g/mol. The highest BCUT2D eigenvalue weighted by atomic mass is 32.2. The molecule has 0 aliphatic rings. The first kappa shape index (κ1) is 17.2. The van der Waals surface area contributed by atoms with Crippen molar-refractivity contribution < 1.29 is 13.2 Å². The normalized spacial score (nSPS) is 11.0. The molecule has 116 valence electrons. The number of nitrogens with one attached hydrogen (secondary N) is 1. The minimum absolute atomic E-state index is 0.0429. The Balaban J connectivity index is 3.12. The third-order valence-electron chi connectivity index (χ3n) is 2.93. The number of likely N-dealkylation sites (N-methyl/N-ethyl adjacent to an activating group) is 1. The van der Waals surface area contributed by atoms with Crippen molar-refractivity contribution in [3.8, 4) is 0 Å². The largest absolute Gasteiger partial charge is 0.335 e. The van der Waals surface area contributed by atoms with Crippen LogP contribution in [0.2, 0.25) is 0 Å². The van der Waals surface area contributed by atoms with Crippen LogP contribution >= 0.6 is 0 Å². The summed E-state index contributed by atoms with van der Waals surface area (Å²) in [6.45, 7) is 10.1. The number of anilines is 1. The van der Waals surface area contributed by atoms with Gasteiger partial charge in [0.05, 0.1) is 17.0 Å². The Bertz CT molecular complexity index is 624. The van der Waals surface area contributed by atoms with Crippen molar-refractivity contribution in [2.45, 2.75) is 20.8 Å². The molecule has 0 bridgehead atoms. The van der Waals surface area contributed by atoms with E-state index in [1.165, 1.54) is 0 Å². The van der Waals surface area contributed by atoms with Gasteiger partial charge >= 0.3 is 0 Å². The number of para-hydroxylation sites is 1. The molecule has 1 aromatic rings. The van der Waals surface area contributed by atoms with Crippen LogP contribution in [0.25, 0.3) is 0 Å². The lowest BCUT2D eigenvalue weighted by atomic mass is 10.1. The van der Waals surface area contributed by atoms with Gasteiger partial charge in [-0.15, -0.1) is 0 Å². The molecule has 21 heavy (non-hydrogen) atoms. The molecule has 5 nitrogen and oxygen atoms in total. The van der Waals surface area contributed by atoms with E-state index >= 15 is 0 Å². The first-order valence-electron chi connectivity index (χ1n) is 6.83. The fourth-order valence-corrected chi connectivity index (χ4v) is 2.48. The van der Waals surface area contributed by atoms with Gasteiger partial charge in [0.2, 0.25) is 10.0 Å². The van der Waals surface area contributed by atoms with Gasteiger partial charge in [-0.1, -0.05) is 24.3 Å². The summed E-state index contributed by atoms with van der Waals surface area (Å²) < 4.78 is 25.9. The molecule has 0 unspecified atom stereocenters. The molecule has 1 amide bonds. The van der Waals surface area contributed by atoms with Crippen LogP contribution in [0, 0.1) is 0 Å². The van der Waals surface area contributed by atoms with Crippen molar-refractivity contribution in [2.75, 3.05) is 23.6 Å². The van der Waals surface area contributed by atoms with Crippen LogP contribution in [0.4, 0.5) is 5.69 Å². The molecule has 0 aliphatic carbocycles. The predicted molar refractivity (Wildman–Crippen MR) is 85.9 cm³/mol. The Hall–Kier alpha value is -1.82. The number of amides is 1. The van der Waals surface area contributed by atoms with E-state index in [1.807, 2.05) is 13.8 Å². The maximum atomic E-state index is 12.6.